The van der Waals surface area contributed by atoms with Crippen molar-refractivity contribution in [3.8, 4) is 0 Å². The number of carbonyl (C=O) groups excluding carboxylic acids is 2. The van der Waals surface area contributed by atoms with Crippen molar-refractivity contribution in [1.82, 2.24) is 0 Å². The van der Waals surface area contributed by atoms with Crippen LogP contribution in [0, 0.1) is 0 Å². The molecule has 6 heteroatoms. The molecule has 1 aromatic carbocycles. The number of ether oxygens (including phenoxy) is 1. The Hall–Kier alpha value is -2.37. The summed E-state index contributed by atoms with van der Waals surface area (Å²) < 4.78 is 4.96. The van der Waals surface area contributed by atoms with E-state index in [4.69, 9.17) is 4.74 Å². The van der Waals surface area contributed by atoms with Gasteiger partial charge < -0.3 is 9.64 Å². The SMILES string of the molecule is CCOC(=O)CCN1C2=NC(=O)C(C)N2c2ccccc21. The van der Waals surface area contributed by atoms with Crippen LogP contribution in [0.2, 0.25) is 0 Å². The van der Waals surface area contributed by atoms with Crippen LogP contribution in [0.1, 0.15) is 20.3 Å². The lowest BCUT2D eigenvalue weighted by Crippen LogP contribution is -2.40. The molecule has 1 amide bonds. The summed E-state index contributed by atoms with van der Waals surface area (Å²) >= 11 is 0. The molecule has 0 spiro atoms. The molecule has 0 aromatic heterocycles. The Balaban J connectivity index is 1.87. The van der Waals surface area contributed by atoms with E-state index in [2.05, 4.69) is 4.99 Å². The molecule has 21 heavy (non-hydrogen) atoms. The number of amides is 1. The van der Waals surface area contributed by atoms with Crippen LogP contribution in [0.3, 0.4) is 0 Å². The summed E-state index contributed by atoms with van der Waals surface area (Å²) in [6, 6.07) is 7.50. The summed E-state index contributed by atoms with van der Waals surface area (Å²) in [6.07, 6.45) is 0.262. The number of carbonyl (C=O) groups is 2. The van der Waals surface area contributed by atoms with E-state index in [1.165, 1.54) is 0 Å². The van der Waals surface area contributed by atoms with E-state index in [-0.39, 0.29) is 24.3 Å². The largest absolute Gasteiger partial charge is 0.466 e. The van der Waals surface area contributed by atoms with Gasteiger partial charge in [-0.05, 0) is 26.0 Å². The highest BCUT2D eigenvalue weighted by Crippen LogP contribution is 2.40. The predicted octanol–water partition coefficient (Wildman–Crippen LogP) is 1.55. The number of fused-ring (bicyclic) bond motifs is 3. The van der Waals surface area contributed by atoms with Crippen LogP contribution in [0.5, 0.6) is 0 Å². The molecule has 2 aliphatic rings. The fourth-order valence-corrected chi connectivity index (χ4v) is 2.70. The number of benzene rings is 1. The Bertz CT molecular complexity index is 626. The number of guanidine groups is 1. The minimum Gasteiger partial charge on any atom is -0.466 e. The van der Waals surface area contributed by atoms with Crippen molar-refractivity contribution in [1.29, 1.82) is 0 Å². The van der Waals surface area contributed by atoms with Gasteiger partial charge >= 0.3 is 5.97 Å². The number of nitrogens with zero attached hydrogens (tertiary/aromatic N) is 3. The second-order valence-electron chi connectivity index (χ2n) is 4.99. The normalized spacial score (nSPS) is 19.4. The van der Waals surface area contributed by atoms with Gasteiger partial charge in [-0.1, -0.05) is 12.1 Å². The Morgan fingerprint density at radius 1 is 1.33 bits per heavy atom. The fraction of sp³-hybridized carbons (Fsp3) is 0.400. The number of rotatable bonds is 4. The standard InChI is InChI=1S/C15H17N3O3/c1-3-21-13(19)8-9-17-11-6-4-5-7-12(11)18-10(2)14(20)16-15(17)18/h4-7,10H,3,8-9H2,1-2H3. The summed E-state index contributed by atoms with van der Waals surface area (Å²) in [4.78, 5) is 31.4. The smallest absolute Gasteiger partial charge is 0.307 e. The number of anilines is 2. The summed E-state index contributed by atoms with van der Waals surface area (Å²) in [5.41, 5.74) is 1.93. The number of aliphatic imine (C=N–C) groups is 1. The first-order valence-corrected chi connectivity index (χ1v) is 7.07. The van der Waals surface area contributed by atoms with Crippen molar-refractivity contribution in [3.05, 3.63) is 24.3 Å². The van der Waals surface area contributed by atoms with Gasteiger partial charge in [-0.25, -0.2) is 0 Å². The van der Waals surface area contributed by atoms with Crippen LogP contribution in [0.15, 0.2) is 29.3 Å². The lowest BCUT2D eigenvalue weighted by Gasteiger charge is -2.20. The van der Waals surface area contributed by atoms with Crippen molar-refractivity contribution in [3.63, 3.8) is 0 Å². The van der Waals surface area contributed by atoms with E-state index in [0.29, 0.717) is 19.1 Å². The highest BCUT2D eigenvalue weighted by Gasteiger charge is 2.42. The van der Waals surface area contributed by atoms with Crippen LogP contribution in [-0.2, 0) is 14.3 Å². The molecule has 110 valence electrons. The first kappa shape index (κ1) is 13.6. The number of para-hydroxylation sites is 2. The Kier molecular flexibility index (Phi) is 3.37. The van der Waals surface area contributed by atoms with Crippen LogP contribution >= 0.6 is 0 Å². The molecule has 3 rings (SSSR count). The monoisotopic (exact) mass is 287 g/mol. The predicted molar refractivity (Wildman–Crippen MR) is 79.4 cm³/mol. The zero-order valence-electron chi connectivity index (χ0n) is 12.1. The van der Waals surface area contributed by atoms with Crippen molar-refractivity contribution >= 4 is 29.2 Å². The summed E-state index contributed by atoms with van der Waals surface area (Å²) in [7, 11) is 0. The van der Waals surface area contributed by atoms with E-state index in [9.17, 15) is 9.59 Å². The second-order valence-corrected chi connectivity index (χ2v) is 4.99. The third-order valence-corrected chi connectivity index (χ3v) is 3.69. The lowest BCUT2D eigenvalue weighted by atomic mass is 10.2. The zero-order valence-corrected chi connectivity index (χ0v) is 12.1. The Morgan fingerprint density at radius 3 is 2.76 bits per heavy atom. The van der Waals surface area contributed by atoms with Gasteiger partial charge in [0.1, 0.15) is 6.04 Å². The Morgan fingerprint density at radius 2 is 2.05 bits per heavy atom. The Labute approximate surface area is 123 Å². The van der Waals surface area contributed by atoms with Crippen LogP contribution in [0.25, 0.3) is 0 Å². The van der Waals surface area contributed by atoms with Gasteiger partial charge in [0.2, 0.25) is 5.96 Å². The van der Waals surface area contributed by atoms with Crippen molar-refractivity contribution in [2.45, 2.75) is 26.3 Å². The molecule has 0 bridgehead atoms. The third kappa shape index (κ3) is 2.16. The van der Waals surface area contributed by atoms with Crippen LogP contribution in [0.4, 0.5) is 11.4 Å². The summed E-state index contributed by atoms with van der Waals surface area (Å²) in [6.45, 7) is 4.44. The van der Waals surface area contributed by atoms with Crippen molar-refractivity contribution < 1.29 is 14.3 Å². The van der Waals surface area contributed by atoms with Gasteiger partial charge in [0, 0.05) is 6.54 Å². The molecule has 2 aliphatic heterocycles. The van der Waals surface area contributed by atoms with E-state index < -0.39 is 0 Å². The first-order valence-electron chi connectivity index (χ1n) is 7.07. The first-order chi connectivity index (χ1) is 10.1. The lowest BCUT2D eigenvalue weighted by molar-refractivity contribution is -0.142. The van der Waals surface area contributed by atoms with E-state index in [0.717, 1.165) is 11.4 Å². The minimum absolute atomic E-state index is 0.152. The van der Waals surface area contributed by atoms with Gasteiger partial charge in [-0.2, -0.15) is 4.99 Å². The molecule has 0 radical (unpaired) electrons. The maximum absolute atomic E-state index is 11.8. The van der Waals surface area contributed by atoms with Gasteiger partial charge in [0.15, 0.2) is 0 Å². The second kappa shape index (κ2) is 5.20. The summed E-state index contributed by atoms with van der Waals surface area (Å²) in [5, 5.41) is 0. The van der Waals surface area contributed by atoms with Crippen LogP contribution < -0.4 is 9.80 Å². The molecule has 0 N–H and O–H groups in total. The van der Waals surface area contributed by atoms with E-state index in [1.807, 2.05) is 41.0 Å². The third-order valence-electron chi connectivity index (χ3n) is 3.69. The van der Waals surface area contributed by atoms with Crippen LogP contribution in [-0.4, -0.2) is 37.0 Å². The molecule has 1 unspecified atom stereocenters. The highest BCUT2D eigenvalue weighted by molar-refractivity contribution is 6.25. The maximum Gasteiger partial charge on any atom is 0.307 e. The average Bonchev–Trinajstić information content (AvgIpc) is 2.93. The summed E-state index contributed by atoms with van der Waals surface area (Å²) in [5.74, 6) is 0.213. The maximum atomic E-state index is 11.8. The molecule has 0 fully saturated rings. The number of esters is 1. The van der Waals surface area contributed by atoms with E-state index in [1.54, 1.807) is 6.92 Å². The van der Waals surface area contributed by atoms with Gasteiger partial charge in [0.25, 0.3) is 5.91 Å². The van der Waals surface area contributed by atoms with Gasteiger partial charge in [-0.15, -0.1) is 0 Å². The van der Waals surface area contributed by atoms with Crippen molar-refractivity contribution in [2.24, 2.45) is 4.99 Å². The molecule has 0 saturated heterocycles. The number of hydrogen-bond donors (Lipinski definition) is 0. The molecule has 0 aliphatic carbocycles. The fourth-order valence-electron chi connectivity index (χ4n) is 2.70. The molecular weight excluding hydrogens is 270 g/mol. The molecule has 2 heterocycles. The van der Waals surface area contributed by atoms with Gasteiger partial charge in [0.05, 0.1) is 24.4 Å². The highest BCUT2D eigenvalue weighted by atomic mass is 16.5. The molecule has 1 aromatic rings. The zero-order chi connectivity index (χ0) is 15.0. The number of hydrogen-bond acceptors (Lipinski definition) is 5. The average molecular weight is 287 g/mol. The minimum atomic E-state index is -0.297. The topological polar surface area (TPSA) is 62.2 Å². The molecule has 0 saturated carbocycles. The molecular formula is C15H17N3O3. The van der Waals surface area contributed by atoms with Gasteiger partial charge in [-0.3, -0.25) is 14.5 Å². The quantitative estimate of drug-likeness (QED) is 0.786. The molecule has 1 atom stereocenters. The van der Waals surface area contributed by atoms with E-state index >= 15 is 0 Å². The molecule has 6 nitrogen and oxygen atoms in total. The van der Waals surface area contributed by atoms with Crippen molar-refractivity contribution in [2.75, 3.05) is 23.0 Å².